The van der Waals surface area contributed by atoms with Gasteiger partial charge in [-0.15, -0.1) is 0 Å². The molecule has 0 spiro atoms. The zero-order chi connectivity index (χ0) is 14.4. The lowest BCUT2D eigenvalue weighted by molar-refractivity contribution is 0.321. The lowest BCUT2D eigenvalue weighted by atomic mass is 10.0. The van der Waals surface area contributed by atoms with Crippen LogP contribution in [0.25, 0.3) is 0 Å². The fourth-order valence-corrected chi connectivity index (χ4v) is 2.05. The van der Waals surface area contributed by atoms with Gasteiger partial charge in [0.15, 0.2) is 11.6 Å². The lowest BCUT2D eigenvalue weighted by Crippen LogP contribution is -2.10. The summed E-state index contributed by atoms with van der Waals surface area (Å²) in [6.45, 7) is 5.21. The predicted molar refractivity (Wildman–Crippen MR) is 80.9 cm³/mol. The molecule has 2 nitrogen and oxygen atoms in total. The van der Waals surface area contributed by atoms with Crippen molar-refractivity contribution in [3.63, 3.8) is 0 Å². The average molecular weight is 273 g/mol. The van der Waals surface area contributed by atoms with Crippen molar-refractivity contribution in [1.82, 2.24) is 0 Å². The molecule has 0 bridgehead atoms. The van der Waals surface area contributed by atoms with Crippen LogP contribution in [0.5, 0.6) is 5.75 Å². The quantitative estimate of drug-likeness (QED) is 0.840. The number of benzene rings is 2. The molecule has 0 saturated heterocycles. The molecular weight excluding hydrogens is 253 g/mol. The second-order valence-electron chi connectivity index (χ2n) is 4.77. The topological polar surface area (TPSA) is 21.3 Å². The van der Waals surface area contributed by atoms with Gasteiger partial charge in [0.1, 0.15) is 0 Å². The van der Waals surface area contributed by atoms with Gasteiger partial charge in [-0.05, 0) is 30.5 Å². The first-order chi connectivity index (χ1) is 9.70. The highest BCUT2D eigenvalue weighted by molar-refractivity contribution is 5.47. The normalized spacial score (nSPS) is 11.9. The van der Waals surface area contributed by atoms with Crippen molar-refractivity contribution < 1.29 is 9.13 Å². The van der Waals surface area contributed by atoms with E-state index in [2.05, 4.69) is 24.4 Å². The molecule has 1 N–H and O–H groups in total. The number of halogens is 1. The van der Waals surface area contributed by atoms with E-state index < -0.39 is 0 Å². The molecule has 1 unspecified atom stereocenters. The summed E-state index contributed by atoms with van der Waals surface area (Å²) in [6.07, 6.45) is 0. The van der Waals surface area contributed by atoms with E-state index in [-0.39, 0.29) is 5.82 Å². The van der Waals surface area contributed by atoms with Crippen LogP contribution >= 0.6 is 0 Å². The van der Waals surface area contributed by atoms with Gasteiger partial charge in [0.25, 0.3) is 0 Å². The zero-order valence-corrected chi connectivity index (χ0v) is 11.9. The van der Waals surface area contributed by atoms with Crippen LogP contribution in [0.1, 0.15) is 25.3 Å². The summed E-state index contributed by atoms with van der Waals surface area (Å²) in [7, 11) is 0. The van der Waals surface area contributed by atoms with Crippen molar-refractivity contribution in [2.75, 3.05) is 18.5 Å². The minimum absolute atomic E-state index is 0.300. The van der Waals surface area contributed by atoms with Crippen molar-refractivity contribution in [3.05, 3.63) is 59.9 Å². The molecule has 2 rings (SSSR count). The minimum Gasteiger partial charge on any atom is -0.491 e. The third-order valence-electron chi connectivity index (χ3n) is 3.21. The molecule has 0 amide bonds. The van der Waals surface area contributed by atoms with E-state index in [1.165, 1.54) is 11.6 Å². The van der Waals surface area contributed by atoms with Crippen molar-refractivity contribution in [2.24, 2.45) is 0 Å². The number of hydrogen-bond acceptors (Lipinski definition) is 2. The third-order valence-corrected chi connectivity index (χ3v) is 3.21. The smallest absolute Gasteiger partial charge is 0.167 e. The van der Waals surface area contributed by atoms with E-state index in [9.17, 15) is 4.39 Å². The van der Waals surface area contributed by atoms with E-state index >= 15 is 0 Å². The fraction of sp³-hybridized carbons (Fsp3) is 0.294. The van der Waals surface area contributed by atoms with Crippen LogP contribution < -0.4 is 10.1 Å². The molecule has 3 heteroatoms. The molecule has 0 saturated carbocycles. The van der Waals surface area contributed by atoms with Crippen molar-refractivity contribution >= 4 is 5.69 Å². The molecule has 0 aromatic heterocycles. The van der Waals surface area contributed by atoms with Crippen LogP contribution in [0.3, 0.4) is 0 Å². The Hall–Kier alpha value is -2.03. The van der Waals surface area contributed by atoms with Gasteiger partial charge in [0.05, 0.1) is 6.61 Å². The number of anilines is 1. The molecule has 2 aromatic carbocycles. The van der Waals surface area contributed by atoms with E-state index in [0.717, 1.165) is 12.2 Å². The van der Waals surface area contributed by atoms with Crippen LogP contribution in [0.15, 0.2) is 48.5 Å². The van der Waals surface area contributed by atoms with Gasteiger partial charge in [0.2, 0.25) is 0 Å². The fourth-order valence-electron chi connectivity index (χ4n) is 2.05. The highest BCUT2D eigenvalue weighted by Crippen LogP contribution is 2.22. The first kappa shape index (κ1) is 14.4. The summed E-state index contributed by atoms with van der Waals surface area (Å²) >= 11 is 0. The van der Waals surface area contributed by atoms with Crippen molar-refractivity contribution in [3.8, 4) is 5.75 Å². The third kappa shape index (κ3) is 3.73. The second kappa shape index (κ2) is 6.94. The van der Waals surface area contributed by atoms with Crippen LogP contribution in [-0.4, -0.2) is 13.2 Å². The van der Waals surface area contributed by atoms with Gasteiger partial charge < -0.3 is 10.1 Å². The molecule has 0 aliphatic rings. The van der Waals surface area contributed by atoms with Crippen LogP contribution in [-0.2, 0) is 0 Å². The summed E-state index contributed by atoms with van der Waals surface area (Å²) in [4.78, 5) is 0. The van der Waals surface area contributed by atoms with Crippen LogP contribution in [0.2, 0.25) is 0 Å². The summed E-state index contributed by atoms with van der Waals surface area (Å²) < 4.78 is 18.9. The molecule has 0 radical (unpaired) electrons. The van der Waals surface area contributed by atoms with E-state index in [1.807, 2.05) is 31.2 Å². The van der Waals surface area contributed by atoms with Gasteiger partial charge in [0, 0.05) is 18.3 Å². The van der Waals surface area contributed by atoms with Gasteiger partial charge in [-0.3, -0.25) is 0 Å². The van der Waals surface area contributed by atoms with Gasteiger partial charge in [-0.1, -0.05) is 37.3 Å². The Morgan fingerprint density at radius 3 is 2.55 bits per heavy atom. The summed E-state index contributed by atoms with van der Waals surface area (Å²) in [5.74, 6) is 0.337. The minimum atomic E-state index is -0.329. The Labute approximate surface area is 119 Å². The first-order valence-electron chi connectivity index (χ1n) is 6.92. The molecule has 20 heavy (non-hydrogen) atoms. The van der Waals surface area contributed by atoms with Crippen molar-refractivity contribution in [1.29, 1.82) is 0 Å². The second-order valence-corrected chi connectivity index (χ2v) is 4.77. The maximum atomic E-state index is 13.7. The Balaban J connectivity index is 1.96. The number of nitrogens with one attached hydrogen (secondary N) is 1. The molecule has 106 valence electrons. The van der Waals surface area contributed by atoms with Crippen molar-refractivity contribution in [2.45, 2.75) is 19.8 Å². The summed E-state index contributed by atoms with van der Waals surface area (Å²) in [5, 5.41) is 3.26. The monoisotopic (exact) mass is 273 g/mol. The van der Waals surface area contributed by atoms with E-state index in [1.54, 1.807) is 6.07 Å². The molecular formula is C17H20FNO. The number of ether oxygens (including phenoxy) is 1. The molecule has 0 heterocycles. The Morgan fingerprint density at radius 2 is 1.90 bits per heavy atom. The largest absolute Gasteiger partial charge is 0.491 e. The van der Waals surface area contributed by atoms with Crippen LogP contribution in [0, 0.1) is 5.82 Å². The van der Waals surface area contributed by atoms with Gasteiger partial charge >= 0.3 is 0 Å². The Morgan fingerprint density at radius 1 is 1.15 bits per heavy atom. The average Bonchev–Trinajstić information content (AvgIpc) is 2.48. The standard InChI is InChI=1S/C17H20FNO/c1-3-20-17-10-9-15(11-16(17)18)19-12-13(2)14-7-5-4-6-8-14/h4-11,13,19H,3,12H2,1-2H3. The molecule has 0 fully saturated rings. The molecule has 1 atom stereocenters. The maximum absolute atomic E-state index is 13.7. The summed E-state index contributed by atoms with van der Waals surface area (Å²) in [6, 6.07) is 15.2. The van der Waals surface area contributed by atoms with Gasteiger partial charge in [-0.2, -0.15) is 0 Å². The Bertz CT molecular complexity index is 542. The highest BCUT2D eigenvalue weighted by Gasteiger charge is 2.07. The SMILES string of the molecule is CCOc1ccc(NCC(C)c2ccccc2)cc1F. The highest BCUT2D eigenvalue weighted by atomic mass is 19.1. The zero-order valence-electron chi connectivity index (χ0n) is 11.9. The maximum Gasteiger partial charge on any atom is 0.167 e. The Kier molecular flexibility index (Phi) is 4.99. The molecule has 0 aliphatic carbocycles. The van der Waals surface area contributed by atoms with E-state index in [4.69, 9.17) is 4.74 Å². The predicted octanol–water partition coefficient (Wildman–Crippen LogP) is 4.44. The first-order valence-corrected chi connectivity index (χ1v) is 6.92. The number of hydrogen-bond donors (Lipinski definition) is 1. The molecule has 2 aromatic rings. The lowest BCUT2D eigenvalue weighted by Gasteiger charge is -2.14. The van der Waals surface area contributed by atoms with E-state index in [0.29, 0.717) is 18.3 Å². The summed E-state index contributed by atoms with van der Waals surface area (Å²) in [5.41, 5.74) is 2.04. The number of rotatable bonds is 6. The van der Waals surface area contributed by atoms with Crippen LogP contribution in [0.4, 0.5) is 10.1 Å². The molecule has 0 aliphatic heterocycles. The van der Waals surface area contributed by atoms with Gasteiger partial charge in [-0.25, -0.2) is 4.39 Å².